The Hall–Kier alpha value is -3.26. The molecule has 7 nitrogen and oxygen atoms in total. The first kappa shape index (κ1) is 18.1. The molecule has 0 saturated heterocycles. The van der Waals surface area contributed by atoms with Gasteiger partial charge < -0.3 is 5.32 Å². The van der Waals surface area contributed by atoms with Crippen LogP contribution in [0.5, 0.6) is 0 Å². The molecule has 0 unspecified atom stereocenters. The van der Waals surface area contributed by atoms with Gasteiger partial charge in [-0.05, 0) is 37.6 Å². The molecule has 3 amide bonds. The average Bonchev–Trinajstić information content (AvgIpc) is 3.37. The van der Waals surface area contributed by atoms with E-state index in [0.29, 0.717) is 23.4 Å². The van der Waals surface area contributed by atoms with Gasteiger partial charge in [0.2, 0.25) is 5.91 Å². The summed E-state index contributed by atoms with van der Waals surface area (Å²) in [5.74, 6) is -0.364. The molecule has 0 bridgehead atoms. The van der Waals surface area contributed by atoms with Crippen LogP contribution in [0.25, 0.3) is 10.6 Å². The van der Waals surface area contributed by atoms with Crippen LogP contribution in [0.4, 0.5) is 5.82 Å². The fourth-order valence-electron chi connectivity index (χ4n) is 3.14. The lowest BCUT2D eigenvalue weighted by Gasteiger charge is -2.13. The molecule has 2 aromatic heterocycles. The predicted octanol–water partition coefficient (Wildman–Crippen LogP) is 3.46. The molecule has 1 aliphatic heterocycles. The monoisotopic (exact) mass is 394 g/mol. The molecular formula is C20H18N4O3S. The topological polar surface area (TPSA) is 95.2 Å². The summed E-state index contributed by atoms with van der Waals surface area (Å²) in [5.41, 5.74) is 1.69. The number of H-pyrrole nitrogens is 1. The van der Waals surface area contributed by atoms with Crippen molar-refractivity contribution in [3.63, 3.8) is 0 Å². The van der Waals surface area contributed by atoms with Crippen molar-refractivity contribution in [3.05, 3.63) is 58.5 Å². The highest BCUT2D eigenvalue weighted by molar-refractivity contribution is 7.15. The first-order chi connectivity index (χ1) is 13.5. The number of nitrogens with zero attached hydrogens (tertiary/aromatic N) is 2. The molecule has 4 rings (SSSR count). The Bertz CT molecular complexity index is 1030. The number of amides is 3. The number of aromatic amines is 1. The lowest BCUT2D eigenvalue weighted by atomic mass is 10.1. The van der Waals surface area contributed by atoms with E-state index in [-0.39, 0.29) is 30.7 Å². The number of thiophene rings is 1. The van der Waals surface area contributed by atoms with Crippen molar-refractivity contribution in [2.24, 2.45) is 0 Å². The molecule has 142 valence electrons. The van der Waals surface area contributed by atoms with Crippen molar-refractivity contribution in [1.29, 1.82) is 0 Å². The van der Waals surface area contributed by atoms with E-state index >= 15 is 0 Å². The van der Waals surface area contributed by atoms with E-state index < -0.39 is 0 Å². The number of aromatic nitrogens is 2. The van der Waals surface area contributed by atoms with E-state index in [1.54, 1.807) is 41.7 Å². The van der Waals surface area contributed by atoms with Crippen LogP contribution in [0.1, 0.15) is 38.4 Å². The van der Waals surface area contributed by atoms with Crippen LogP contribution in [0.2, 0.25) is 0 Å². The number of imide groups is 1. The molecule has 0 radical (unpaired) electrons. The number of carbonyl (C=O) groups is 3. The van der Waals surface area contributed by atoms with Gasteiger partial charge in [0.1, 0.15) is 0 Å². The Balaban J connectivity index is 1.29. The number of carbonyl (C=O) groups excluding carboxylic acids is 3. The summed E-state index contributed by atoms with van der Waals surface area (Å²) in [6.45, 7) is 2.24. The van der Waals surface area contributed by atoms with Crippen LogP contribution in [0, 0.1) is 6.92 Å². The van der Waals surface area contributed by atoms with Gasteiger partial charge in [-0.15, -0.1) is 11.3 Å². The maximum atomic E-state index is 12.3. The fraction of sp³-hybridized carbons (Fsp3) is 0.200. The van der Waals surface area contributed by atoms with E-state index in [1.165, 1.54) is 9.78 Å². The van der Waals surface area contributed by atoms with Gasteiger partial charge in [-0.25, -0.2) is 0 Å². The molecule has 0 atom stereocenters. The number of nitrogens with one attached hydrogen (secondary N) is 2. The normalized spacial score (nSPS) is 13.1. The highest BCUT2D eigenvalue weighted by atomic mass is 32.1. The summed E-state index contributed by atoms with van der Waals surface area (Å²) in [5, 5.41) is 9.76. The number of hydrogen-bond donors (Lipinski definition) is 2. The lowest BCUT2D eigenvalue weighted by Crippen LogP contribution is -2.31. The van der Waals surface area contributed by atoms with Crippen LogP contribution < -0.4 is 5.32 Å². The molecule has 3 aromatic rings. The van der Waals surface area contributed by atoms with Gasteiger partial charge in [0.25, 0.3) is 11.8 Å². The second-order valence-electron chi connectivity index (χ2n) is 6.54. The largest absolute Gasteiger partial charge is 0.309 e. The molecule has 0 saturated carbocycles. The first-order valence-electron chi connectivity index (χ1n) is 8.90. The van der Waals surface area contributed by atoms with Gasteiger partial charge >= 0.3 is 0 Å². The SMILES string of the molecule is Cc1ccc(-c2cc(NC(=O)CCCN3C(=O)c4ccccc4C3=O)n[nH]2)s1. The van der Waals surface area contributed by atoms with Gasteiger partial charge in [-0.1, -0.05) is 12.1 Å². The minimum atomic E-state index is -0.302. The Morgan fingerprint density at radius 1 is 1.14 bits per heavy atom. The maximum Gasteiger partial charge on any atom is 0.261 e. The summed E-state index contributed by atoms with van der Waals surface area (Å²) < 4.78 is 0. The zero-order valence-electron chi connectivity index (χ0n) is 15.2. The molecular weight excluding hydrogens is 376 g/mol. The van der Waals surface area contributed by atoms with Crippen molar-refractivity contribution in [1.82, 2.24) is 15.1 Å². The maximum absolute atomic E-state index is 12.3. The molecule has 3 heterocycles. The zero-order chi connectivity index (χ0) is 19.7. The number of benzene rings is 1. The molecule has 1 aliphatic rings. The lowest BCUT2D eigenvalue weighted by molar-refractivity contribution is -0.116. The zero-order valence-corrected chi connectivity index (χ0v) is 16.0. The predicted molar refractivity (Wildman–Crippen MR) is 106 cm³/mol. The third kappa shape index (κ3) is 3.46. The van der Waals surface area contributed by atoms with Gasteiger partial charge in [0, 0.05) is 23.9 Å². The van der Waals surface area contributed by atoms with Crippen LogP contribution in [0.15, 0.2) is 42.5 Å². The van der Waals surface area contributed by atoms with Crippen LogP contribution in [0.3, 0.4) is 0 Å². The van der Waals surface area contributed by atoms with Crippen LogP contribution >= 0.6 is 11.3 Å². The molecule has 0 aliphatic carbocycles. The Morgan fingerprint density at radius 2 is 1.86 bits per heavy atom. The number of anilines is 1. The smallest absolute Gasteiger partial charge is 0.261 e. The number of hydrogen-bond acceptors (Lipinski definition) is 5. The third-order valence-electron chi connectivity index (χ3n) is 4.51. The highest BCUT2D eigenvalue weighted by Crippen LogP contribution is 2.27. The Kier molecular flexibility index (Phi) is 4.79. The highest BCUT2D eigenvalue weighted by Gasteiger charge is 2.34. The van der Waals surface area contributed by atoms with Crippen molar-refractivity contribution in [3.8, 4) is 10.6 Å². The van der Waals surface area contributed by atoms with E-state index in [1.807, 2.05) is 19.1 Å². The molecule has 2 N–H and O–H groups in total. The van der Waals surface area contributed by atoms with E-state index in [9.17, 15) is 14.4 Å². The second-order valence-corrected chi connectivity index (χ2v) is 7.82. The third-order valence-corrected chi connectivity index (χ3v) is 5.55. The van der Waals surface area contributed by atoms with Crippen LogP contribution in [-0.2, 0) is 4.79 Å². The van der Waals surface area contributed by atoms with Crippen molar-refractivity contribution < 1.29 is 14.4 Å². The molecule has 28 heavy (non-hydrogen) atoms. The van der Waals surface area contributed by atoms with Gasteiger partial charge in [0.15, 0.2) is 5.82 Å². The number of aryl methyl sites for hydroxylation is 1. The molecule has 0 fully saturated rings. The summed E-state index contributed by atoms with van der Waals surface area (Å²) in [6.07, 6.45) is 0.576. The van der Waals surface area contributed by atoms with Gasteiger partial charge in [-0.2, -0.15) is 5.10 Å². The fourth-order valence-corrected chi connectivity index (χ4v) is 3.97. The summed E-state index contributed by atoms with van der Waals surface area (Å²) >= 11 is 1.64. The van der Waals surface area contributed by atoms with Crippen LogP contribution in [-0.4, -0.2) is 39.4 Å². The number of fused-ring (bicyclic) bond motifs is 1. The van der Waals surface area contributed by atoms with E-state index in [2.05, 4.69) is 15.5 Å². The van der Waals surface area contributed by atoms with Gasteiger partial charge in [0.05, 0.1) is 21.7 Å². The van der Waals surface area contributed by atoms with Crippen molar-refractivity contribution >= 4 is 34.9 Å². The summed E-state index contributed by atoms with van der Waals surface area (Å²) in [4.78, 5) is 40.2. The van der Waals surface area contributed by atoms with Gasteiger partial charge in [-0.3, -0.25) is 24.4 Å². The second kappa shape index (κ2) is 7.40. The quantitative estimate of drug-likeness (QED) is 0.626. The Labute approximate surface area is 165 Å². The molecule has 0 spiro atoms. The Morgan fingerprint density at radius 3 is 2.50 bits per heavy atom. The minimum Gasteiger partial charge on any atom is -0.309 e. The molecule has 1 aromatic carbocycles. The summed E-state index contributed by atoms with van der Waals surface area (Å²) in [6, 6.07) is 12.6. The summed E-state index contributed by atoms with van der Waals surface area (Å²) in [7, 11) is 0. The van der Waals surface area contributed by atoms with Crippen molar-refractivity contribution in [2.75, 3.05) is 11.9 Å². The first-order valence-corrected chi connectivity index (χ1v) is 9.72. The minimum absolute atomic E-state index is 0.188. The number of rotatable bonds is 6. The average molecular weight is 394 g/mol. The van der Waals surface area contributed by atoms with E-state index in [4.69, 9.17) is 0 Å². The molecule has 8 heteroatoms. The van der Waals surface area contributed by atoms with Crippen molar-refractivity contribution in [2.45, 2.75) is 19.8 Å². The van der Waals surface area contributed by atoms with E-state index in [0.717, 1.165) is 10.6 Å². The standard InChI is InChI=1S/C20H18N4O3S/c1-12-8-9-16(28-12)15-11-17(23-22-15)21-18(25)7-4-10-24-19(26)13-5-2-3-6-14(13)20(24)27/h2-3,5-6,8-9,11H,4,7,10H2,1H3,(H2,21,22,23,25).